The molecule has 0 bridgehead atoms. The minimum absolute atomic E-state index is 0.263. The average Bonchev–Trinajstić information content (AvgIpc) is 2.52. The Labute approximate surface area is 124 Å². The number of ether oxygens (including phenoxy) is 2. The van der Waals surface area contributed by atoms with Crippen LogP contribution in [-0.4, -0.2) is 20.8 Å². The lowest BCUT2D eigenvalue weighted by atomic mass is 10.1. The third kappa shape index (κ3) is 4.20. The molecular formula is C17H20FNO2. The van der Waals surface area contributed by atoms with E-state index in [1.54, 1.807) is 13.2 Å². The minimum atomic E-state index is -0.343. The number of methoxy groups -OCH3 is 2. The van der Waals surface area contributed by atoms with Gasteiger partial charge in [0.1, 0.15) is 0 Å². The van der Waals surface area contributed by atoms with Gasteiger partial charge in [0.25, 0.3) is 0 Å². The van der Waals surface area contributed by atoms with Crippen LogP contribution in [-0.2, 0) is 17.7 Å². The Kier molecular flexibility index (Phi) is 5.58. The van der Waals surface area contributed by atoms with Crippen molar-refractivity contribution in [3.05, 3.63) is 59.4 Å². The smallest absolute Gasteiger partial charge is 0.165 e. The second-order valence-electron chi connectivity index (χ2n) is 4.72. The van der Waals surface area contributed by atoms with E-state index >= 15 is 0 Å². The van der Waals surface area contributed by atoms with E-state index in [-0.39, 0.29) is 11.6 Å². The molecule has 0 saturated heterocycles. The van der Waals surface area contributed by atoms with Gasteiger partial charge in [0.2, 0.25) is 0 Å². The molecule has 0 heterocycles. The van der Waals surface area contributed by atoms with Crippen molar-refractivity contribution < 1.29 is 13.9 Å². The quantitative estimate of drug-likeness (QED) is 0.844. The van der Waals surface area contributed by atoms with Crippen LogP contribution in [0, 0.1) is 5.82 Å². The number of rotatable bonds is 7. The highest BCUT2D eigenvalue weighted by Gasteiger charge is 2.05. The van der Waals surface area contributed by atoms with Crippen LogP contribution in [0.3, 0.4) is 0 Å². The number of hydrogen-bond donors (Lipinski definition) is 1. The topological polar surface area (TPSA) is 30.5 Å². The zero-order valence-corrected chi connectivity index (χ0v) is 12.4. The molecule has 0 unspecified atom stereocenters. The van der Waals surface area contributed by atoms with Crippen molar-refractivity contribution in [3.8, 4) is 5.75 Å². The molecule has 2 aromatic rings. The molecule has 3 nitrogen and oxygen atoms in total. The average molecular weight is 289 g/mol. The zero-order valence-electron chi connectivity index (χ0n) is 12.4. The van der Waals surface area contributed by atoms with Gasteiger partial charge in [0.15, 0.2) is 11.6 Å². The van der Waals surface area contributed by atoms with Crippen LogP contribution >= 0.6 is 0 Å². The number of hydrogen-bond acceptors (Lipinski definition) is 3. The van der Waals surface area contributed by atoms with Gasteiger partial charge in [-0.15, -0.1) is 0 Å². The van der Waals surface area contributed by atoms with E-state index < -0.39 is 0 Å². The number of anilines is 1. The van der Waals surface area contributed by atoms with Gasteiger partial charge < -0.3 is 14.8 Å². The molecule has 2 rings (SSSR count). The molecule has 0 aromatic heterocycles. The Balaban J connectivity index is 2.04. The summed E-state index contributed by atoms with van der Waals surface area (Å²) in [6.07, 6.45) is 0.844. The maximum Gasteiger partial charge on any atom is 0.165 e. The van der Waals surface area contributed by atoms with Crippen LogP contribution in [0.5, 0.6) is 5.75 Å². The summed E-state index contributed by atoms with van der Waals surface area (Å²) in [6.45, 7) is 1.24. The summed E-state index contributed by atoms with van der Waals surface area (Å²) in [5, 5.41) is 3.34. The van der Waals surface area contributed by atoms with E-state index in [0.29, 0.717) is 13.2 Å². The number of benzene rings is 2. The predicted molar refractivity (Wildman–Crippen MR) is 82.3 cm³/mol. The number of halogens is 1. The molecule has 21 heavy (non-hydrogen) atoms. The van der Waals surface area contributed by atoms with Gasteiger partial charge in [-0.1, -0.05) is 24.3 Å². The summed E-state index contributed by atoms with van der Waals surface area (Å²) in [7, 11) is 3.15. The van der Waals surface area contributed by atoms with Crippen LogP contribution in [0.15, 0.2) is 42.5 Å². The van der Waals surface area contributed by atoms with E-state index in [4.69, 9.17) is 9.47 Å². The molecule has 0 aliphatic carbocycles. The van der Waals surface area contributed by atoms with E-state index in [1.165, 1.54) is 18.7 Å². The third-order valence-corrected chi connectivity index (χ3v) is 3.29. The van der Waals surface area contributed by atoms with Crippen molar-refractivity contribution in [3.63, 3.8) is 0 Å². The summed E-state index contributed by atoms with van der Waals surface area (Å²) in [4.78, 5) is 0. The van der Waals surface area contributed by atoms with Gasteiger partial charge >= 0.3 is 0 Å². The summed E-state index contributed by atoms with van der Waals surface area (Å²) in [6, 6.07) is 13.1. The van der Waals surface area contributed by atoms with Gasteiger partial charge in [-0.3, -0.25) is 0 Å². The van der Waals surface area contributed by atoms with Crippen LogP contribution in [0.2, 0.25) is 0 Å². The predicted octanol–water partition coefficient (Wildman–Crippen LogP) is 3.64. The Bertz CT molecular complexity index is 587. The first kappa shape index (κ1) is 15.3. The first-order valence-corrected chi connectivity index (χ1v) is 6.87. The van der Waals surface area contributed by atoms with Crippen molar-refractivity contribution >= 4 is 5.69 Å². The van der Waals surface area contributed by atoms with Crippen LogP contribution in [0.1, 0.15) is 11.1 Å². The molecule has 0 fully saturated rings. The summed E-state index contributed by atoms with van der Waals surface area (Å²) < 4.78 is 23.7. The lowest BCUT2D eigenvalue weighted by Gasteiger charge is -2.12. The molecule has 1 N–H and O–H groups in total. The van der Waals surface area contributed by atoms with E-state index in [0.717, 1.165) is 17.7 Å². The van der Waals surface area contributed by atoms with Gasteiger partial charge in [0.05, 0.1) is 13.7 Å². The Morgan fingerprint density at radius 3 is 2.62 bits per heavy atom. The fraction of sp³-hybridized carbons (Fsp3) is 0.294. The molecular weight excluding hydrogens is 269 g/mol. The zero-order chi connectivity index (χ0) is 15.1. The molecule has 0 radical (unpaired) electrons. The summed E-state index contributed by atoms with van der Waals surface area (Å²) >= 11 is 0. The summed E-state index contributed by atoms with van der Waals surface area (Å²) in [5.74, 6) is -0.0799. The van der Waals surface area contributed by atoms with Crippen molar-refractivity contribution in [1.82, 2.24) is 0 Å². The molecule has 0 aliphatic heterocycles. The third-order valence-electron chi connectivity index (χ3n) is 3.29. The maximum absolute atomic E-state index is 13.7. The first-order chi connectivity index (χ1) is 10.2. The molecule has 0 atom stereocenters. The fourth-order valence-electron chi connectivity index (χ4n) is 2.14. The highest BCUT2D eigenvalue weighted by atomic mass is 19.1. The van der Waals surface area contributed by atoms with Gasteiger partial charge in [-0.25, -0.2) is 4.39 Å². The van der Waals surface area contributed by atoms with Crippen LogP contribution in [0.4, 0.5) is 10.1 Å². The highest BCUT2D eigenvalue weighted by Crippen LogP contribution is 2.20. The molecule has 0 aliphatic rings. The molecule has 0 amide bonds. The van der Waals surface area contributed by atoms with Crippen molar-refractivity contribution in [2.75, 3.05) is 26.1 Å². The van der Waals surface area contributed by atoms with E-state index in [1.807, 2.05) is 24.3 Å². The Morgan fingerprint density at radius 1 is 1.10 bits per heavy atom. The Morgan fingerprint density at radius 2 is 1.90 bits per heavy atom. The van der Waals surface area contributed by atoms with Crippen molar-refractivity contribution in [1.29, 1.82) is 0 Å². The summed E-state index contributed by atoms with van der Waals surface area (Å²) in [5.41, 5.74) is 3.11. The number of para-hydroxylation sites is 1. The number of nitrogens with one attached hydrogen (secondary N) is 1. The normalized spacial score (nSPS) is 10.4. The van der Waals surface area contributed by atoms with Gasteiger partial charge in [-0.05, 0) is 35.7 Å². The van der Waals surface area contributed by atoms with Crippen LogP contribution < -0.4 is 10.1 Å². The monoisotopic (exact) mass is 289 g/mol. The van der Waals surface area contributed by atoms with E-state index in [9.17, 15) is 4.39 Å². The maximum atomic E-state index is 13.7. The largest absolute Gasteiger partial charge is 0.494 e. The second kappa shape index (κ2) is 7.64. The fourth-order valence-corrected chi connectivity index (χ4v) is 2.14. The van der Waals surface area contributed by atoms with Crippen LogP contribution in [0.25, 0.3) is 0 Å². The second-order valence-corrected chi connectivity index (χ2v) is 4.72. The molecule has 112 valence electrons. The van der Waals surface area contributed by atoms with E-state index in [2.05, 4.69) is 11.4 Å². The first-order valence-electron chi connectivity index (χ1n) is 6.87. The van der Waals surface area contributed by atoms with Gasteiger partial charge in [0, 0.05) is 19.3 Å². The molecule has 0 saturated carbocycles. The SMILES string of the molecule is COCCc1ccccc1NCc1ccc(OC)c(F)c1. The van der Waals surface area contributed by atoms with Gasteiger partial charge in [-0.2, -0.15) is 0 Å². The molecule has 0 spiro atoms. The minimum Gasteiger partial charge on any atom is -0.494 e. The Hall–Kier alpha value is -2.07. The highest BCUT2D eigenvalue weighted by molar-refractivity contribution is 5.51. The standard InChI is InChI=1S/C17H20FNO2/c1-20-10-9-14-5-3-4-6-16(14)19-12-13-7-8-17(21-2)15(18)11-13/h3-8,11,19H,9-10,12H2,1-2H3. The lowest BCUT2D eigenvalue weighted by Crippen LogP contribution is -2.04. The molecule has 2 aromatic carbocycles. The lowest BCUT2D eigenvalue weighted by molar-refractivity contribution is 0.202. The van der Waals surface area contributed by atoms with Crippen molar-refractivity contribution in [2.45, 2.75) is 13.0 Å². The van der Waals surface area contributed by atoms with Crippen molar-refractivity contribution in [2.24, 2.45) is 0 Å². The molecule has 4 heteroatoms.